The topological polar surface area (TPSA) is 35.8 Å². The van der Waals surface area contributed by atoms with Crippen molar-refractivity contribution in [1.82, 2.24) is 0 Å². The molecule has 2 aromatic rings. The lowest BCUT2D eigenvalue weighted by Gasteiger charge is -2.06. The summed E-state index contributed by atoms with van der Waals surface area (Å²) < 4.78 is 0. The number of rotatable bonds is 3. The van der Waals surface area contributed by atoms with Crippen LogP contribution in [0.3, 0.4) is 0 Å². The van der Waals surface area contributed by atoms with Crippen molar-refractivity contribution in [2.24, 2.45) is 0 Å². The maximum Gasteiger partial charge on any atom is 0.0640 e. The largest absolute Gasteiger partial charge is 0.384 e. The smallest absolute Gasteiger partial charge is 0.0640 e. The van der Waals surface area contributed by atoms with E-state index in [0.717, 1.165) is 5.69 Å². The molecule has 2 rings (SSSR count). The second-order valence-corrected chi connectivity index (χ2v) is 3.90. The SMILES string of the molecule is Cc1ccc2cc(NCCC#N)ccc2c1. The quantitative estimate of drug-likeness (QED) is 0.787. The number of hydrogen-bond acceptors (Lipinski definition) is 2. The van der Waals surface area contributed by atoms with E-state index in [4.69, 9.17) is 5.26 Å². The van der Waals surface area contributed by atoms with Crippen LogP contribution in [-0.2, 0) is 0 Å². The third-order valence-electron chi connectivity index (χ3n) is 2.56. The van der Waals surface area contributed by atoms with E-state index < -0.39 is 0 Å². The predicted octanol–water partition coefficient (Wildman–Crippen LogP) is 3.47. The molecular weight excluding hydrogens is 196 g/mol. The number of aryl methyl sites for hydroxylation is 1. The van der Waals surface area contributed by atoms with Gasteiger partial charge in [-0.2, -0.15) is 5.26 Å². The van der Waals surface area contributed by atoms with Crippen molar-refractivity contribution in [3.63, 3.8) is 0 Å². The van der Waals surface area contributed by atoms with Gasteiger partial charge in [0.2, 0.25) is 0 Å². The second kappa shape index (κ2) is 4.67. The van der Waals surface area contributed by atoms with Gasteiger partial charge in [0.1, 0.15) is 0 Å². The highest BCUT2D eigenvalue weighted by atomic mass is 14.9. The van der Waals surface area contributed by atoms with E-state index >= 15 is 0 Å². The van der Waals surface area contributed by atoms with E-state index in [2.05, 4.69) is 54.7 Å². The maximum absolute atomic E-state index is 8.46. The van der Waals surface area contributed by atoms with Gasteiger partial charge in [0.15, 0.2) is 0 Å². The fraction of sp³-hybridized carbons (Fsp3) is 0.214. The Morgan fingerprint density at radius 2 is 1.88 bits per heavy atom. The Bertz CT molecular complexity index is 538. The zero-order valence-corrected chi connectivity index (χ0v) is 9.33. The second-order valence-electron chi connectivity index (χ2n) is 3.90. The summed E-state index contributed by atoms with van der Waals surface area (Å²) in [7, 11) is 0. The van der Waals surface area contributed by atoms with E-state index in [-0.39, 0.29) is 0 Å². The first kappa shape index (κ1) is 10.5. The number of nitriles is 1. The Labute approximate surface area is 95.5 Å². The summed E-state index contributed by atoms with van der Waals surface area (Å²) in [6.45, 7) is 2.80. The molecule has 2 heteroatoms. The molecule has 0 saturated carbocycles. The van der Waals surface area contributed by atoms with Crippen LogP contribution in [0.1, 0.15) is 12.0 Å². The number of nitrogens with one attached hydrogen (secondary N) is 1. The summed E-state index contributed by atoms with van der Waals surface area (Å²) in [6, 6.07) is 14.8. The molecule has 0 aliphatic heterocycles. The van der Waals surface area contributed by atoms with Gasteiger partial charge in [-0.15, -0.1) is 0 Å². The van der Waals surface area contributed by atoms with Crippen molar-refractivity contribution in [2.75, 3.05) is 11.9 Å². The van der Waals surface area contributed by atoms with Gasteiger partial charge in [0, 0.05) is 12.2 Å². The minimum Gasteiger partial charge on any atom is -0.384 e. The highest BCUT2D eigenvalue weighted by molar-refractivity contribution is 5.86. The highest BCUT2D eigenvalue weighted by Gasteiger charge is 1.96. The van der Waals surface area contributed by atoms with Gasteiger partial charge < -0.3 is 5.32 Å². The number of fused-ring (bicyclic) bond motifs is 1. The minimum atomic E-state index is 0.534. The summed E-state index contributed by atoms with van der Waals surface area (Å²) in [5.41, 5.74) is 2.35. The van der Waals surface area contributed by atoms with Gasteiger partial charge >= 0.3 is 0 Å². The fourth-order valence-corrected chi connectivity index (χ4v) is 1.74. The van der Waals surface area contributed by atoms with Crippen LogP contribution in [0, 0.1) is 18.3 Å². The summed E-state index contributed by atoms with van der Waals surface area (Å²) >= 11 is 0. The number of anilines is 1. The Hall–Kier alpha value is -2.01. The summed E-state index contributed by atoms with van der Waals surface area (Å²) in [5.74, 6) is 0. The van der Waals surface area contributed by atoms with Gasteiger partial charge in [-0.3, -0.25) is 0 Å². The van der Waals surface area contributed by atoms with Crippen molar-refractivity contribution in [2.45, 2.75) is 13.3 Å². The lowest BCUT2D eigenvalue weighted by atomic mass is 10.1. The molecule has 0 unspecified atom stereocenters. The van der Waals surface area contributed by atoms with Crippen LogP contribution in [0.2, 0.25) is 0 Å². The molecule has 0 bridgehead atoms. The fourth-order valence-electron chi connectivity index (χ4n) is 1.74. The molecule has 0 spiro atoms. The van der Waals surface area contributed by atoms with Crippen LogP contribution >= 0.6 is 0 Å². The monoisotopic (exact) mass is 210 g/mol. The maximum atomic E-state index is 8.46. The van der Waals surface area contributed by atoms with Crippen molar-refractivity contribution in [3.8, 4) is 6.07 Å². The Morgan fingerprint density at radius 1 is 1.12 bits per heavy atom. The molecule has 2 nitrogen and oxygen atoms in total. The third kappa shape index (κ3) is 2.32. The normalized spacial score (nSPS) is 10.0. The number of nitrogens with zero attached hydrogens (tertiary/aromatic N) is 1. The molecule has 0 aliphatic carbocycles. The molecule has 0 fully saturated rings. The number of benzene rings is 2. The van der Waals surface area contributed by atoms with Crippen molar-refractivity contribution < 1.29 is 0 Å². The lowest BCUT2D eigenvalue weighted by Crippen LogP contribution is -1.99. The third-order valence-corrected chi connectivity index (χ3v) is 2.56. The first-order valence-corrected chi connectivity index (χ1v) is 5.41. The van der Waals surface area contributed by atoms with Crippen LogP contribution in [0.15, 0.2) is 36.4 Å². The number of hydrogen-bond donors (Lipinski definition) is 1. The van der Waals surface area contributed by atoms with Crippen molar-refractivity contribution >= 4 is 16.5 Å². The molecule has 2 aromatic carbocycles. The molecule has 1 N–H and O–H groups in total. The van der Waals surface area contributed by atoms with Gasteiger partial charge in [0.05, 0.1) is 12.5 Å². The molecule has 0 saturated heterocycles. The van der Waals surface area contributed by atoms with Gasteiger partial charge in [-0.1, -0.05) is 29.8 Å². The Kier molecular flexibility index (Phi) is 3.07. The van der Waals surface area contributed by atoms with E-state index in [1.807, 2.05) is 0 Å². The van der Waals surface area contributed by atoms with Gasteiger partial charge in [-0.05, 0) is 29.8 Å². The summed E-state index contributed by atoms with van der Waals surface area (Å²) in [4.78, 5) is 0. The molecule has 0 aromatic heterocycles. The van der Waals surface area contributed by atoms with Gasteiger partial charge in [0.25, 0.3) is 0 Å². The molecule has 0 heterocycles. The van der Waals surface area contributed by atoms with Gasteiger partial charge in [-0.25, -0.2) is 0 Å². The van der Waals surface area contributed by atoms with E-state index in [0.29, 0.717) is 13.0 Å². The first-order valence-electron chi connectivity index (χ1n) is 5.41. The molecule has 80 valence electrons. The predicted molar refractivity (Wildman–Crippen MR) is 67.4 cm³/mol. The van der Waals surface area contributed by atoms with E-state index in [1.54, 1.807) is 0 Å². The highest BCUT2D eigenvalue weighted by Crippen LogP contribution is 2.20. The molecular formula is C14H14N2. The summed E-state index contributed by atoms with van der Waals surface area (Å²) in [6.07, 6.45) is 0.534. The zero-order chi connectivity index (χ0) is 11.4. The zero-order valence-electron chi connectivity index (χ0n) is 9.33. The first-order chi connectivity index (χ1) is 7.79. The van der Waals surface area contributed by atoms with Crippen molar-refractivity contribution in [3.05, 3.63) is 42.0 Å². The van der Waals surface area contributed by atoms with E-state index in [9.17, 15) is 0 Å². The minimum absolute atomic E-state index is 0.534. The van der Waals surface area contributed by atoms with Crippen LogP contribution in [0.25, 0.3) is 10.8 Å². The molecule has 0 radical (unpaired) electrons. The van der Waals surface area contributed by atoms with Crippen molar-refractivity contribution in [1.29, 1.82) is 5.26 Å². The molecule has 0 atom stereocenters. The van der Waals surface area contributed by atoms with Crippen LogP contribution in [0.5, 0.6) is 0 Å². The Morgan fingerprint density at radius 3 is 2.69 bits per heavy atom. The summed E-state index contributed by atoms with van der Waals surface area (Å²) in [5, 5.41) is 14.2. The van der Waals surface area contributed by atoms with Crippen LogP contribution < -0.4 is 5.32 Å². The lowest BCUT2D eigenvalue weighted by molar-refractivity contribution is 1.08. The average molecular weight is 210 g/mol. The standard InChI is InChI=1S/C14H14N2/c1-11-3-4-13-10-14(16-8-2-7-15)6-5-12(13)9-11/h3-6,9-10,16H,2,8H2,1H3. The van der Waals surface area contributed by atoms with Crippen LogP contribution in [-0.4, -0.2) is 6.54 Å². The molecule has 16 heavy (non-hydrogen) atoms. The Balaban J connectivity index is 2.24. The molecule has 0 aliphatic rings. The average Bonchev–Trinajstić information content (AvgIpc) is 2.29. The molecule has 0 amide bonds. The van der Waals surface area contributed by atoms with Crippen LogP contribution in [0.4, 0.5) is 5.69 Å². The van der Waals surface area contributed by atoms with E-state index in [1.165, 1.54) is 16.3 Å².